The number of fused-ring (bicyclic) bond motifs is 1. The summed E-state index contributed by atoms with van der Waals surface area (Å²) in [6.07, 6.45) is 0. The van der Waals surface area contributed by atoms with Gasteiger partial charge in [0.25, 0.3) is 0 Å². The Morgan fingerprint density at radius 1 is 1.25 bits per heavy atom. The Kier molecular flexibility index (Phi) is 3.74. The minimum atomic E-state index is 0.493. The van der Waals surface area contributed by atoms with Gasteiger partial charge in [0.2, 0.25) is 11.8 Å². The zero-order valence-electron chi connectivity index (χ0n) is 12.9. The summed E-state index contributed by atoms with van der Waals surface area (Å²) in [4.78, 5) is 7.68. The number of nitrogens with one attached hydrogen (secondary N) is 2. The molecule has 0 saturated heterocycles. The van der Waals surface area contributed by atoms with Crippen LogP contribution in [0.3, 0.4) is 0 Å². The molecule has 0 aliphatic carbocycles. The number of H-pyrrole nitrogens is 1. The van der Waals surface area contributed by atoms with Gasteiger partial charge in [-0.2, -0.15) is 0 Å². The molecule has 0 spiro atoms. The normalized spacial score (nSPS) is 15.6. The number of hydrogen-bond donors (Lipinski definition) is 2. The number of hydrazone groups is 1. The van der Waals surface area contributed by atoms with E-state index in [0.717, 1.165) is 33.3 Å². The van der Waals surface area contributed by atoms with Crippen LogP contribution in [0.5, 0.6) is 0 Å². The summed E-state index contributed by atoms with van der Waals surface area (Å²) in [7, 11) is 0. The van der Waals surface area contributed by atoms with E-state index in [9.17, 15) is 0 Å². The molecule has 1 aliphatic heterocycles. The molecule has 1 aromatic carbocycles. The molecule has 0 atom stereocenters. The number of aromatic amines is 1. The molecule has 4 rings (SSSR count). The number of aromatic nitrogens is 2. The van der Waals surface area contributed by atoms with Crippen LogP contribution in [0.2, 0.25) is 5.02 Å². The van der Waals surface area contributed by atoms with Gasteiger partial charge in [0.05, 0.1) is 16.6 Å². The lowest BCUT2D eigenvalue weighted by atomic mass is 10.2. The molecule has 0 radical (unpaired) electrons. The van der Waals surface area contributed by atoms with Gasteiger partial charge in [-0.1, -0.05) is 23.4 Å². The van der Waals surface area contributed by atoms with Gasteiger partial charge in [0.15, 0.2) is 5.16 Å². The number of rotatable bonds is 3. The standard InChI is InChI=1S/C16H13ClN4O2S/c1-8-5-11(9(2)22-8)15-21-20-14(23-15)7-24-16-18-12-4-3-10(17)6-13(12)19-16/h3-7,20H,1-2H3,(H,18,19). The van der Waals surface area contributed by atoms with Crippen molar-refractivity contribution in [2.75, 3.05) is 0 Å². The lowest BCUT2D eigenvalue weighted by molar-refractivity contribution is 0.417. The van der Waals surface area contributed by atoms with E-state index in [1.807, 2.05) is 38.1 Å². The Morgan fingerprint density at radius 2 is 2.12 bits per heavy atom. The molecule has 2 aromatic heterocycles. The van der Waals surface area contributed by atoms with Crippen molar-refractivity contribution in [3.63, 3.8) is 0 Å². The highest BCUT2D eigenvalue weighted by atomic mass is 35.5. The lowest BCUT2D eigenvalue weighted by Crippen LogP contribution is -2.01. The van der Waals surface area contributed by atoms with E-state index >= 15 is 0 Å². The van der Waals surface area contributed by atoms with Crippen LogP contribution < -0.4 is 5.43 Å². The maximum Gasteiger partial charge on any atom is 0.249 e. The molecule has 0 bridgehead atoms. The van der Waals surface area contributed by atoms with Crippen LogP contribution in [-0.2, 0) is 4.74 Å². The van der Waals surface area contributed by atoms with Gasteiger partial charge in [0.1, 0.15) is 11.5 Å². The minimum absolute atomic E-state index is 0.493. The van der Waals surface area contributed by atoms with Crippen molar-refractivity contribution in [2.24, 2.45) is 5.10 Å². The molecule has 3 heterocycles. The fourth-order valence-electron chi connectivity index (χ4n) is 2.39. The summed E-state index contributed by atoms with van der Waals surface area (Å²) < 4.78 is 11.2. The lowest BCUT2D eigenvalue weighted by Gasteiger charge is -1.99. The Morgan fingerprint density at radius 3 is 2.92 bits per heavy atom. The number of halogens is 1. The Bertz CT molecular complexity index is 989. The summed E-state index contributed by atoms with van der Waals surface area (Å²) >= 11 is 7.38. The number of thioether (sulfide) groups is 1. The average molecular weight is 361 g/mol. The second kappa shape index (κ2) is 5.92. The molecule has 8 heteroatoms. The van der Waals surface area contributed by atoms with Crippen molar-refractivity contribution in [1.82, 2.24) is 15.4 Å². The highest BCUT2D eigenvalue weighted by molar-refractivity contribution is 8.02. The number of benzene rings is 1. The summed E-state index contributed by atoms with van der Waals surface area (Å²) in [6.45, 7) is 3.77. The van der Waals surface area contributed by atoms with E-state index in [0.29, 0.717) is 16.8 Å². The Hall–Kier alpha value is -2.38. The van der Waals surface area contributed by atoms with Gasteiger partial charge in [-0.3, -0.25) is 0 Å². The minimum Gasteiger partial charge on any atom is -0.466 e. The molecule has 122 valence electrons. The predicted molar refractivity (Wildman–Crippen MR) is 94.0 cm³/mol. The summed E-state index contributed by atoms with van der Waals surface area (Å²) in [5.74, 6) is 2.62. The third-order valence-electron chi connectivity index (χ3n) is 3.45. The first kappa shape index (κ1) is 15.2. The molecule has 0 amide bonds. The topological polar surface area (TPSA) is 75.4 Å². The van der Waals surface area contributed by atoms with Gasteiger partial charge in [-0.15, -0.1) is 5.10 Å². The number of furan rings is 1. The van der Waals surface area contributed by atoms with E-state index in [2.05, 4.69) is 20.5 Å². The van der Waals surface area contributed by atoms with Crippen LogP contribution in [0.15, 0.2) is 50.2 Å². The first-order valence-corrected chi connectivity index (χ1v) is 8.45. The molecule has 0 unspecified atom stereocenters. The maximum atomic E-state index is 5.98. The number of ether oxygens (including phenoxy) is 1. The quantitative estimate of drug-likeness (QED) is 0.681. The number of nitrogens with zero attached hydrogens (tertiary/aromatic N) is 2. The van der Waals surface area contributed by atoms with Crippen LogP contribution in [0.4, 0.5) is 0 Å². The highest BCUT2D eigenvalue weighted by Crippen LogP contribution is 2.25. The molecular weight excluding hydrogens is 348 g/mol. The Balaban J connectivity index is 1.48. The third kappa shape index (κ3) is 2.88. The summed E-state index contributed by atoms with van der Waals surface area (Å²) in [5.41, 5.74) is 5.45. The fourth-order valence-corrected chi connectivity index (χ4v) is 3.20. The molecular formula is C16H13ClN4O2S. The van der Waals surface area contributed by atoms with Crippen molar-refractivity contribution in [3.05, 3.63) is 57.7 Å². The molecule has 0 saturated carbocycles. The molecule has 6 nitrogen and oxygen atoms in total. The van der Waals surface area contributed by atoms with Gasteiger partial charge in [0, 0.05) is 10.4 Å². The molecule has 2 N–H and O–H groups in total. The summed E-state index contributed by atoms with van der Waals surface area (Å²) in [5, 5.41) is 7.40. The van der Waals surface area contributed by atoms with Crippen molar-refractivity contribution < 1.29 is 9.15 Å². The highest BCUT2D eigenvalue weighted by Gasteiger charge is 2.20. The fraction of sp³-hybridized carbons (Fsp3) is 0.125. The van der Waals surface area contributed by atoms with Gasteiger partial charge in [-0.05, 0) is 38.1 Å². The number of aryl methyl sites for hydroxylation is 2. The number of hydrogen-bond acceptors (Lipinski definition) is 6. The van der Waals surface area contributed by atoms with E-state index in [1.54, 1.807) is 5.41 Å². The van der Waals surface area contributed by atoms with Crippen LogP contribution in [0.25, 0.3) is 11.0 Å². The summed E-state index contributed by atoms with van der Waals surface area (Å²) in [6, 6.07) is 7.43. The predicted octanol–water partition coefficient (Wildman–Crippen LogP) is 4.30. The monoisotopic (exact) mass is 360 g/mol. The number of imidazole rings is 1. The van der Waals surface area contributed by atoms with Gasteiger partial charge in [-0.25, -0.2) is 10.4 Å². The van der Waals surface area contributed by atoms with E-state index in [-0.39, 0.29) is 0 Å². The van der Waals surface area contributed by atoms with E-state index in [4.69, 9.17) is 20.8 Å². The van der Waals surface area contributed by atoms with Crippen molar-refractivity contribution in [3.8, 4) is 0 Å². The second-order valence-corrected chi connectivity index (χ2v) is 6.56. The maximum absolute atomic E-state index is 5.98. The van der Waals surface area contributed by atoms with Crippen LogP contribution in [-0.4, -0.2) is 15.9 Å². The third-order valence-corrected chi connectivity index (χ3v) is 4.43. The molecule has 3 aromatic rings. The second-order valence-electron chi connectivity index (χ2n) is 5.26. The van der Waals surface area contributed by atoms with Gasteiger partial charge >= 0.3 is 0 Å². The first-order chi connectivity index (χ1) is 11.6. The zero-order valence-corrected chi connectivity index (χ0v) is 14.5. The van der Waals surface area contributed by atoms with Gasteiger partial charge < -0.3 is 14.1 Å². The van der Waals surface area contributed by atoms with Crippen LogP contribution in [0.1, 0.15) is 17.1 Å². The zero-order chi connectivity index (χ0) is 16.7. The van der Waals surface area contributed by atoms with E-state index < -0.39 is 0 Å². The van der Waals surface area contributed by atoms with E-state index in [1.165, 1.54) is 11.8 Å². The largest absolute Gasteiger partial charge is 0.466 e. The van der Waals surface area contributed by atoms with Crippen LogP contribution in [0, 0.1) is 13.8 Å². The van der Waals surface area contributed by atoms with Crippen molar-refractivity contribution in [1.29, 1.82) is 0 Å². The van der Waals surface area contributed by atoms with Crippen molar-refractivity contribution >= 4 is 40.3 Å². The average Bonchev–Trinajstić information content (AvgIpc) is 3.23. The molecule has 0 fully saturated rings. The molecule has 24 heavy (non-hydrogen) atoms. The van der Waals surface area contributed by atoms with Crippen molar-refractivity contribution in [2.45, 2.75) is 19.0 Å². The molecule has 1 aliphatic rings. The first-order valence-electron chi connectivity index (χ1n) is 7.19. The SMILES string of the molecule is Cc1cc(C2=NNC(=CSc3nc4ccc(Cl)cc4[nH]3)O2)c(C)o1. The van der Waals surface area contributed by atoms with Crippen LogP contribution >= 0.6 is 23.4 Å². The Labute approximate surface area is 146 Å². The smallest absolute Gasteiger partial charge is 0.249 e.